The monoisotopic (exact) mass is 388 g/mol. The van der Waals surface area contributed by atoms with E-state index in [1.807, 2.05) is 0 Å². The Balaban J connectivity index is 1.89. The maximum absolute atomic E-state index is 6.95. The Morgan fingerprint density at radius 1 is 0.786 bits per heavy atom. The molecule has 3 aromatic carbocycles. The molecule has 0 heterocycles. The van der Waals surface area contributed by atoms with Gasteiger partial charge in [-0.2, -0.15) is 0 Å². The van der Waals surface area contributed by atoms with Crippen LogP contribution in [0.2, 0.25) is 18.1 Å². The second-order valence-electron chi connectivity index (χ2n) is 7.51. The van der Waals surface area contributed by atoms with Crippen LogP contribution in [-0.2, 0) is 4.43 Å². The maximum atomic E-state index is 6.95. The summed E-state index contributed by atoms with van der Waals surface area (Å²) < 4.78 is 6.95. The molecule has 0 spiro atoms. The summed E-state index contributed by atoms with van der Waals surface area (Å²) >= 11 is 0. The van der Waals surface area contributed by atoms with Gasteiger partial charge < -0.3 is 4.43 Å². The molecule has 0 saturated carbocycles. The standard InChI is InChI=1S/C26H32OSi/c1-4-28(5-2,6-3)27-26(18-12-15-22-13-8-7-9-14-22)25-20-19-23-16-10-11-17-24(23)21-25/h7-17,19-21,26H,4-6,18H2,1-3H3/b15-12+. The fourth-order valence-corrected chi connectivity index (χ4v) is 6.69. The molecule has 0 N–H and O–H groups in total. The Hall–Kier alpha value is -2.16. The van der Waals surface area contributed by atoms with E-state index in [0.717, 1.165) is 6.42 Å². The van der Waals surface area contributed by atoms with Gasteiger partial charge in [-0.25, -0.2) is 0 Å². The van der Waals surface area contributed by atoms with Gasteiger partial charge in [0.05, 0.1) is 6.10 Å². The molecule has 146 valence electrons. The average Bonchev–Trinajstić information content (AvgIpc) is 2.77. The van der Waals surface area contributed by atoms with Gasteiger partial charge >= 0.3 is 0 Å². The zero-order valence-electron chi connectivity index (χ0n) is 17.4. The number of hydrogen-bond acceptors (Lipinski definition) is 1. The smallest absolute Gasteiger partial charge is 0.192 e. The topological polar surface area (TPSA) is 9.23 Å². The molecule has 3 rings (SSSR count). The molecule has 1 atom stereocenters. The van der Waals surface area contributed by atoms with Crippen LogP contribution in [-0.4, -0.2) is 8.32 Å². The van der Waals surface area contributed by atoms with Crippen molar-refractivity contribution < 1.29 is 4.43 Å². The summed E-state index contributed by atoms with van der Waals surface area (Å²) in [5.41, 5.74) is 2.54. The molecule has 1 unspecified atom stereocenters. The summed E-state index contributed by atoms with van der Waals surface area (Å²) in [6.07, 6.45) is 5.51. The van der Waals surface area contributed by atoms with Crippen molar-refractivity contribution in [2.45, 2.75) is 51.4 Å². The van der Waals surface area contributed by atoms with Gasteiger partial charge in [-0.05, 0) is 52.5 Å². The minimum absolute atomic E-state index is 0.121. The molecule has 1 nitrogen and oxygen atoms in total. The van der Waals surface area contributed by atoms with Gasteiger partial charge in [0, 0.05) is 0 Å². The van der Waals surface area contributed by atoms with E-state index in [1.54, 1.807) is 0 Å². The van der Waals surface area contributed by atoms with Gasteiger partial charge in [0.2, 0.25) is 0 Å². The van der Waals surface area contributed by atoms with Crippen LogP contribution in [0, 0.1) is 0 Å². The number of fused-ring (bicyclic) bond motifs is 1. The fourth-order valence-electron chi connectivity index (χ4n) is 3.85. The average molecular weight is 389 g/mol. The van der Waals surface area contributed by atoms with Gasteiger partial charge in [0.25, 0.3) is 0 Å². The first-order valence-corrected chi connectivity index (χ1v) is 13.1. The van der Waals surface area contributed by atoms with E-state index in [1.165, 1.54) is 40.0 Å². The Morgan fingerprint density at radius 2 is 1.43 bits per heavy atom. The van der Waals surface area contributed by atoms with Crippen LogP contribution < -0.4 is 0 Å². The fraction of sp³-hybridized carbons (Fsp3) is 0.308. The summed E-state index contributed by atoms with van der Waals surface area (Å²) in [5.74, 6) is 0. The Labute approximate surface area is 171 Å². The van der Waals surface area contributed by atoms with Crippen LogP contribution >= 0.6 is 0 Å². The highest BCUT2D eigenvalue weighted by Crippen LogP contribution is 2.33. The van der Waals surface area contributed by atoms with E-state index in [2.05, 4.69) is 106 Å². The molecule has 0 aliphatic rings. The van der Waals surface area contributed by atoms with Crippen molar-refractivity contribution >= 4 is 25.2 Å². The van der Waals surface area contributed by atoms with Crippen molar-refractivity contribution in [3.8, 4) is 0 Å². The molecule has 0 radical (unpaired) electrons. The van der Waals surface area contributed by atoms with E-state index >= 15 is 0 Å². The molecule has 0 amide bonds. The van der Waals surface area contributed by atoms with E-state index in [4.69, 9.17) is 4.43 Å². The highest BCUT2D eigenvalue weighted by molar-refractivity contribution is 6.73. The van der Waals surface area contributed by atoms with Gasteiger partial charge in [-0.15, -0.1) is 0 Å². The van der Waals surface area contributed by atoms with Crippen molar-refractivity contribution in [3.63, 3.8) is 0 Å². The molecular formula is C26H32OSi. The molecule has 28 heavy (non-hydrogen) atoms. The van der Waals surface area contributed by atoms with Crippen LogP contribution in [0.15, 0.2) is 78.9 Å². The van der Waals surface area contributed by atoms with Crippen molar-refractivity contribution in [1.82, 2.24) is 0 Å². The number of rotatable bonds is 9. The van der Waals surface area contributed by atoms with Crippen LogP contribution in [0.5, 0.6) is 0 Å². The molecule has 0 aromatic heterocycles. The minimum Gasteiger partial charge on any atom is -0.410 e. The molecule has 3 aromatic rings. The van der Waals surface area contributed by atoms with Crippen molar-refractivity contribution in [2.24, 2.45) is 0 Å². The Bertz CT molecular complexity index is 888. The Morgan fingerprint density at radius 3 is 2.11 bits per heavy atom. The normalized spacial score (nSPS) is 13.2. The highest BCUT2D eigenvalue weighted by atomic mass is 28.4. The summed E-state index contributed by atoms with van der Waals surface area (Å²) in [4.78, 5) is 0. The highest BCUT2D eigenvalue weighted by Gasteiger charge is 2.32. The predicted molar refractivity (Wildman–Crippen MR) is 125 cm³/mol. The lowest BCUT2D eigenvalue weighted by Gasteiger charge is -2.33. The van der Waals surface area contributed by atoms with Gasteiger partial charge in [-0.3, -0.25) is 0 Å². The third-order valence-electron chi connectivity index (χ3n) is 5.93. The molecule has 0 aliphatic heterocycles. The Kier molecular flexibility index (Phi) is 7.24. The third kappa shape index (κ3) is 5.01. The molecule has 0 bridgehead atoms. The van der Waals surface area contributed by atoms with E-state index < -0.39 is 8.32 Å². The minimum atomic E-state index is -1.69. The van der Waals surface area contributed by atoms with Gasteiger partial charge in [0.1, 0.15) is 0 Å². The van der Waals surface area contributed by atoms with Crippen LogP contribution in [0.25, 0.3) is 16.8 Å². The first-order chi connectivity index (χ1) is 13.7. The molecule has 2 heteroatoms. The van der Waals surface area contributed by atoms with E-state index in [-0.39, 0.29) is 6.10 Å². The van der Waals surface area contributed by atoms with Crippen LogP contribution in [0.3, 0.4) is 0 Å². The predicted octanol–water partition coefficient (Wildman–Crippen LogP) is 8.01. The molecule has 0 fully saturated rings. The zero-order chi connectivity index (χ0) is 19.8. The summed E-state index contributed by atoms with van der Waals surface area (Å²) in [5, 5.41) is 2.58. The van der Waals surface area contributed by atoms with E-state index in [0.29, 0.717) is 0 Å². The molecule has 0 aliphatic carbocycles. The largest absolute Gasteiger partial charge is 0.410 e. The quantitative estimate of drug-likeness (QED) is 0.337. The molecular weight excluding hydrogens is 356 g/mol. The van der Waals surface area contributed by atoms with Crippen LogP contribution in [0.4, 0.5) is 0 Å². The van der Waals surface area contributed by atoms with Crippen molar-refractivity contribution in [3.05, 3.63) is 90.0 Å². The first kappa shape index (κ1) is 20.6. The summed E-state index contributed by atoms with van der Waals surface area (Å²) in [6.45, 7) is 6.91. The van der Waals surface area contributed by atoms with Crippen LogP contribution in [0.1, 0.15) is 44.4 Å². The maximum Gasteiger partial charge on any atom is 0.192 e. The lowest BCUT2D eigenvalue weighted by Crippen LogP contribution is -2.37. The second-order valence-corrected chi connectivity index (χ2v) is 12.2. The third-order valence-corrected chi connectivity index (χ3v) is 10.6. The first-order valence-electron chi connectivity index (χ1n) is 10.6. The SMILES string of the molecule is CC[Si](CC)(CC)OC(C/C=C/c1ccccc1)c1ccc2ccccc2c1. The number of hydrogen-bond donors (Lipinski definition) is 0. The summed E-state index contributed by atoms with van der Waals surface area (Å²) in [7, 11) is -1.69. The lowest BCUT2D eigenvalue weighted by atomic mass is 10.0. The van der Waals surface area contributed by atoms with E-state index in [9.17, 15) is 0 Å². The summed E-state index contributed by atoms with van der Waals surface area (Å²) in [6, 6.07) is 29.4. The number of benzene rings is 3. The van der Waals surface area contributed by atoms with Gasteiger partial charge in [-0.1, -0.05) is 99.7 Å². The second kappa shape index (κ2) is 9.86. The van der Waals surface area contributed by atoms with Gasteiger partial charge in [0.15, 0.2) is 8.32 Å². The molecule has 0 saturated heterocycles. The zero-order valence-corrected chi connectivity index (χ0v) is 18.4. The van der Waals surface area contributed by atoms with Crippen molar-refractivity contribution in [2.75, 3.05) is 0 Å². The van der Waals surface area contributed by atoms with Crippen molar-refractivity contribution in [1.29, 1.82) is 0 Å². The lowest BCUT2D eigenvalue weighted by molar-refractivity contribution is 0.193.